The van der Waals surface area contributed by atoms with Crippen LogP contribution in [-0.4, -0.2) is 24.1 Å². The second-order valence-electron chi connectivity index (χ2n) is 5.04. The van der Waals surface area contributed by atoms with Crippen LogP contribution >= 0.6 is 11.3 Å². The minimum atomic E-state index is -0.419. The molecule has 0 unspecified atom stereocenters. The highest BCUT2D eigenvalue weighted by molar-refractivity contribution is 7.14. The molecule has 3 rings (SSSR count). The largest absolute Gasteiger partial charge is 0.497 e. The molecule has 0 bridgehead atoms. The standard InChI is InChI=1S/C17H15N3O4S/c1-23-13-6-7-14(16(9-13)24-2)18-17-19-15(10-25-17)11-4-3-5-12(8-11)20(21)22/h3-10H,1-2H3,(H,18,19). The van der Waals surface area contributed by atoms with E-state index < -0.39 is 4.92 Å². The maximum absolute atomic E-state index is 10.9. The second kappa shape index (κ2) is 7.18. The molecule has 3 aromatic rings. The fourth-order valence-corrected chi connectivity index (χ4v) is 2.99. The summed E-state index contributed by atoms with van der Waals surface area (Å²) < 4.78 is 10.5. The first-order chi connectivity index (χ1) is 12.1. The van der Waals surface area contributed by atoms with Crippen molar-refractivity contribution in [2.24, 2.45) is 0 Å². The third-order valence-electron chi connectivity index (χ3n) is 3.51. The Bertz CT molecular complexity index is 910. The molecule has 0 aliphatic rings. The smallest absolute Gasteiger partial charge is 0.270 e. The fraction of sp³-hybridized carbons (Fsp3) is 0.118. The number of methoxy groups -OCH3 is 2. The van der Waals surface area contributed by atoms with Gasteiger partial charge in [0, 0.05) is 29.1 Å². The molecule has 0 fully saturated rings. The molecule has 2 aromatic carbocycles. The number of hydrogen-bond acceptors (Lipinski definition) is 7. The van der Waals surface area contributed by atoms with Crippen molar-refractivity contribution in [2.75, 3.05) is 19.5 Å². The number of rotatable bonds is 6. The number of anilines is 2. The highest BCUT2D eigenvalue weighted by atomic mass is 32.1. The third-order valence-corrected chi connectivity index (χ3v) is 4.26. The van der Waals surface area contributed by atoms with E-state index in [1.807, 2.05) is 17.5 Å². The number of aromatic nitrogens is 1. The molecule has 0 radical (unpaired) electrons. The minimum Gasteiger partial charge on any atom is -0.497 e. The molecule has 0 aliphatic heterocycles. The zero-order valence-corrected chi connectivity index (χ0v) is 14.4. The van der Waals surface area contributed by atoms with Crippen molar-refractivity contribution in [3.05, 3.63) is 58.0 Å². The molecule has 0 aliphatic carbocycles. The summed E-state index contributed by atoms with van der Waals surface area (Å²) in [6.07, 6.45) is 0. The predicted octanol–water partition coefficient (Wildman–Crippen LogP) is 4.48. The van der Waals surface area contributed by atoms with Crippen molar-refractivity contribution in [1.82, 2.24) is 4.98 Å². The number of ether oxygens (including phenoxy) is 2. The first-order valence-electron chi connectivity index (χ1n) is 7.30. The molecular weight excluding hydrogens is 342 g/mol. The summed E-state index contributed by atoms with van der Waals surface area (Å²) in [5.74, 6) is 1.32. The number of hydrogen-bond donors (Lipinski definition) is 1. The molecule has 0 saturated carbocycles. The average Bonchev–Trinajstić information content (AvgIpc) is 3.10. The van der Waals surface area contributed by atoms with Crippen LogP contribution < -0.4 is 14.8 Å². The summed E-state index contributed by atoms with van der Waals surface area (Å²) >= 11 is 1.40. The minimum absolute atomic E-state index is 0.0387. The van der Waals surface area contributed by atoms with Crippen LogP contribution in [0.15, 0.2) is 47.8 Å². The summed E-state index contributed by atoms with van der Waals surface area (Å²) in [6, 6.07) is 11.8. The van der Waals surface area contributed by atoms with Crippen LogP contribution in [0.2, 0.25) is 0 Å². The molecule has 0 atom stereocenters. The first-order valence-corrected chi connectivity index (χ1v) is 8.18. The van der Waals surface area contributed by atoms with Gasteiger partial charge in [0.15, 0.2) is 5.13 Å². The zero-order valence-electron chi connectivity index (χ0n) is 13.6. The van der Waals surface area contributed by atoms with Crippen molar-refractivity contribution >= 4 is 27.8 Å². The molecule has 1 heterocycles. The monoisotopic (exact) mass is 357 g/mol. The Morgan fingerprint density at radius 1 is 1.16 bits per heavy atom. The lowest BCUT2D eigenvalue weighted by atomic mass is 10.1. The summed E-state index contributed by atoms with van der Waals surface area (Å²) in [5, 5.41) is 16.6. The van der Waals surface area contributed by atoms with Gasteiger partial charge < -0.3 is 14.8 Å². The van der Waals surface area contributed by atoms with Gasteiger partial charge in [-0.15, -0.1) is 11.3 Å². The van der Waals surface area contributed by atoms with Gasteiger partial charge in [-0.3, -0.25) is 10.1 Å². The molecule has 1 N–H and O–H groups in total. The van der Waals surface area contributed by atoms with Crippen LogP contribution in [0.4, 0.5) is 16.5 Å². The number of benzene rings is 2. The lowest BCUT2D eigenvalue weighted by Crippen LogP contribution is -1.95. The van der Waals surface area contributed by atoms with Crippen molar-refractivity contribution in [3.8, 4) is 22.8 Å². The lowest BCUT2D eigenvalue weighted by Gasteiger charge is -2.10. The number of thiazole rings is 1. The van der Waals surface area contributed by atoms with Gasteiger partial charge in [-0.1, -0.05) is 12.1 Å². The van der Waals surface area contributed by atoms with E-state index in [1.54, 1.807) is 32.4 Å². The Hall–Kier alpha value is -3.13. The number of nitro groups is 1. The predicted molar refractivity (Wildman–Crippen MR) is 97.0 cm³/mol. The van der Waals surface area contributed by atoms with Gasteiger partial charge in [0.1, 0.15) is 11.5 Å². The van der Waals surface area contributed by atoms with Crippen LogP contribution in [-0.2, 0) is 0 Å². The van der Waals surface area contributed by atoms with E-state index >= 15 is 0 Å². The topological polar surface area (TPSA) is 86.5 Å². The normalized spacial score (nSPS) is 10.3. The van der Waals surface area contributed by atoms with Gasteiger partial charge in [0.2, 0.25) is 0 Å². The van der Waals surface area contributed by atoms with Gasteiger partial charge >= 0.3 is 0 Å². The van der Waals surface area contributed by atoms with Crippen LogP contribution in [0.25, 0.3) is 11.3 Å². The van der Waals surface area contributed by atoms with E-state index in [0.717, 1.165) is 5.69 Å². The van der Waals surface area contributed by atoms with Crippen molar-refractivity contribution in [2.45, 2.75) is 0 Å². The average molecular weight is 357 g/mol. The van der Waals surface area contributed by atoms with Gasteiger partial charge in [-0.2, -0.15) is 0 Å². The van der Waals surface area contributed by atoms with Gasteiger partial charge in [0.25, 0.3) is 5.69 Å². The third kappa shape index (κ3) is 3.69. The summed E-state index contributed by atoms with van der Waals surface area (Å²) in [5.41, 5.74) is 2.16. The molecule has 0 amide bonds. The van der Waals surface area contributed by atoms with E-state index in [1.165, 1.54) is 23.5 Å². The second-order valence-corrected chi connectivity index (χ2v) is 5.89. The van der Waals surface area contributed by atoms with Gasteiger partial charge in [0.05, 0.1) is 30.5 Å². The van der Waals surface area contributed by atoms with Crippen molar-refractivity contribution in [1.29, 1.82) is 0 Å². The molecule has 1 aromatic heterocycles. The molecule has 25 heavy (non-hydrogen) atoms. The van der Waals surface area contributed by atoms with Crippen LogP contribution in [0.3, 0.4) is 0 Å². The quantitative estimate of drug-likeness (QED) is 0.517. The van der Waals surface area contributed by atoms with Crippen LogP contribution in [0.1, 0.15) is 0 Å². The Balaban J connectivity index is 1.85. The molecule has 7 nitrogen and oxygen atoms in total. The number of nitrogens with zero attached hydrogens (tertiary/aromatic N) is 2. The van der Waals surface area contributed by atoms with E-state index in [0.29, 0.717) is 27.9 Å². The highest BCUT2D eigenvalue weighted by Crippen LogP contribution is 2.34. The van der Waals surface area contributed by atoms with Gasteiger partial charge in [-0.05, 0) is 12.1 Å². The van der Waals surface area contributed by atoms with E-state index in [-0.39, 0.29) is 5.69 Å². The Labute approximate surface area is 148 Å². The van der Waals surface area contributed by atoms with Crippen LogP contribution in [0, 0.1) is 10.1 Å². The van der Waals surface area contributed by atoms with E-state index in [4.69, 9.17) is 9.47 Å². The molecule has 128 valence electrons. The van der Waals surface area contributed by atoms with Crippen molar-refractivity contribution < 1.29 is 14.4 Å². The Kier molecular flexibility index (Phi) is 4.80. The van der Waals surface area contributed by atoms with Gasteiger partial charge in [-0.25, -0.2) is 4.98 Å². The lowest BCUT2D eigenvalue weighted by molar-refractivity contribution is -0.384. The maximum Gasteiger partial charge on any atom is 0.270 e. The SMILES string of the molecule is COc1ccc(Nc2nc(-c3cccc([N+](=O)[O-])c3)cs2)c(OC)c1. The number of nitro benzene ring substituents is 1. The summed E-state index contributed by atoms with van der Waals surface area (Å²) in [6.45, 7) is 0. The molecule has 0 spiro atoms. The Morgan fingerprint density at radius 3 is 2.72 bits per heavy atom. The van der Waals surface area contributed by atoms with Crippen LogP contribution in [0.5, 0.6) is 11.5 Å². The zero-order chi connectivity index (χ0) is 17.8. The van der Waals surface area contributed by atoms with E-state index in [2.05, 4.69) is 10.3 Å². The van der Waals surface area contributed by atoms with Crippen molar-refractivity contribution in [3.63, 3.8) is 0 Å². The maximum atomic E-state index is 10.9. The van der Waals surface area contributed by atoms with E-state index in [9.17, 15) is 10.1 Å². The molecule has 0 saturated heterocycles. The first kappa shape index (κ1) is 16.7. The summed E-state index contributed by atoms with van der Waals surface area (Å²) in [4.78, 5) is 15.0. The number of non-ortho nitro benzene ring substituents is 1. The Morgan fingerprint density at radius 2 is 2.00 bits per heavy atom. The summed E-state index contributed by atoms with van der Waals surface area (Å²) in [7, 11) is 3.17. The molecular formula is C17H15N3O4S. The number of nitrogens with one attached hydrogen (secondary N) is 1. The fourth-order valence-electron chi connectivity index (χ4n) is 2.26. The molecule has 8 heteroatoms. The highest BCUT2D eigenvalue weighted by Gasteiger charge is 2.11.